The molecule has 40 heavy (non-hydrogen) atoms. The van der Waals surface area contributed by atoms with Crippen molar-refractivity contribution < 1.29 is 19.4 Å². The number of nitrogens with one attached hydrogen (secondary N) is 1. The zero-order chi connectivity index (χ0) is 27.9. The number of rotatable bonds is 8. The third-order valence-electron chi connectivity index (χ3n) is 8.51. The summed E-state index contributed by atoms with van der Waals surface area (Å²) in [6, 6.07) is 7.30. The fraction of sp³-hybridized carbons (Fsp3) is 0.548. The SMILES string of the molecule is COc1cc(O[C@H]2CC=C(NC(=O)c3cnc(N4CCC(CC5CCC(O)CC5)CC4)nc3)CC2)ccc1C#N. The van der Waals surface area contributed by atoms with E-state index in [0.717, 1.165) is 75.6 Å². The average molecular weight is 546 g/mol. The molecule has 9 nitrogen and oxygen atoms in total. The fourth-order valence-electron chi connectivity index (χ4n) is 6.10. The Morgan fingerprint density at radius 1 is 1.10 bits per heavy atom. The van der Waals surface area contributed by atoms with Crippen molar-refractivity contribution in [3.05, 3.63) is 53.5 Å². The van der Waals surface area contributed by atoms with Gasteiger partial charge in [0.15, 0.2) is 0 Å². The number of carbonyl (C=O) groups is 1. The van der Waals surface area contributed by atoms with Crippen LogP contribution in [-0.2, 0) is 0 Å². The van der Waals surface area contributed by atoms with Crippen LogP contribution in [0, 0.1) is 23.2 Å². The van der Waals surface area contributed by atoms with E-state index < -0.39 is 0 Å². The molecule has 0 spiro atoms. The van der Waals surface area contributed by atoms with Gasteiger partial charge < -0.3 is 24.8 Å². The Morgan fingerprint density at radius 2 is 1.82 bits per heavy atom. The highest BCUT2D eigenvalue weighted by Gasteiger charge is 2.26. The number of aromatic nitrogens is 2. The molecule has 2 aliphatic carbocycles. The Balaban J connectivity index is 1.06. The number of nitrogens with zero attached hydrogens (tertiary/aromatic N) is 4. The van der Waals surface area contributed by atoms with E-state index in [0.29, 0.717) is 41.4 Å². The maximum absolute atomic E-state index is 12.8. The summed E-state index contributed by atoms with van der Waals surface area (Å²) in [6.07, 6.45) is 15.1. The number of allylic oxidation sites excluding steroid dienone is 1. The molecule has 2 N–H and O–H groups in total. The average Bonchev–Trinajstić information content (AvgIpc) is 2.99. The van der Waals surface area contributed by atoms with Gasteiger partial charge in [0.1, 0.15) is 23.7 Å². The van der Waals surface area contributed by atoms with E-state index in [2.05, 4.69) is 26.3 Å². The summed E-state index contributed by atoms with van der Waals surface area (Å²) in [5.74, 6) is 3.14. The van der Waals surface area contributed by atoms with Crippen molar-refractivity contribution in [2.24, 2.45) is 11.8 Å². The standard InChI is InChI=1S/C31H39N5O4/c1-39-29-17-28(9-4-23(29)18-32)40-27-10-5-25(6-11-27)35-30(38)24-19-33-31(34-20-24)36-14-12-22(13-15-36)16-21-2-7-26(37)8-3-21/h4-5,9,17,19-22,26-27,37H,2-3,6-8,10-16H2,1H3,(H,35,38)/t21?,26?,27-/m0/s1. The molecule has 0 bridgehead atoms. The van der Waals surface area contributed by atoms with Crippen molar-refractivity contribution in [2.75, 3.05) is 25.1 Å². The lowest BCUT2D eigenvalue weighted by Crippen LogP contribution is -2.36. The number of piperidine rings is 1. The summed E-state index contributed by atoms with van der Waals surface area (Å²) < 4.78 is 11.3. The molecule has 0 unspecified atom stereocenters. The Bertz CT molecular complexity index is 1230. The first-order valence-corrected chi connectivity index (χ1v) is 14.5. The van der Waals surface area contributed by atoms with Crippen molar-refractivity contribution in [3.63, 3.8) is 0 Å². The normalized spacial score (nSPS) is 23.6. The number of methoxy groups -OCH3 is 1. The number of aliphatic hydroxyl groups is 1. The lowest BCUT2D eigenvalue weighted by molar-refractivity contribution is 0.0959. The largest absolute Gasteiger partial charge is 0.495 e. The molecular weight excluding hydrogens is 506 g/mol. The third-order valence-corrected chi connectivity index (χ3v) is 8.51. The number of anilines is 1. The highest BCUT2D eigenvalue weighted by Crippen LogP contribution is 2.33. The summed E-state index contributed by atoms with van der Waals surface area (Å²) >= 11 is 0. The number of hydrogen-bond acceptors (Lipinski definition) is 8. The van der Waals surface area contributed by atoms with Gasteiger partial charge in [0.2, 0.25) is 5.95 Å². The fourth-order valence-corrected chi connectivity index (χ4v) is 6.10. The second-order valence-electron chi connectivity index (χ2n) is 11.3. The minimum absolute atomic E-state index is 0.0133. The minimum Gasteiger partial charge on any atom is -0.495 e. The molecule has 1 aromatic carbocycles. The maximum Gasteiger partial charge on any atom is 0.258 e. The number of ether oxygens (including phenoxy) is 2. The lowest BCUT2D eigenvalue weighted by atomic mass is 9.79. The second kappa shape index (κ2) is 13.1. The molecular formula is C31H39N5O4. The summed E-state index contributed by atoms with van der Waals surface area (Å²) in [5, 5.41) is 21.9. The Labute approximate surface area is 236 Å². The Hall–Kier alpha value is -3.64. The van der Waals surface area contributed by atoms with Crippen LogP contribution in [0.1, 0.15) is 80.1 Å². The van der Waals surface area contributed by atoms with Crippen LogP contribution in [0.5, 0.6) is 11.5 Å². The quantitative estimate of drug-likeness (QED) is 0.487. The monoisotopic (exact) mass is 545 g/mol. The molecule has 3 aliphatic rings. The van der Waals surface area contributed by atoms with Crippen LogP contribution in [0.4, 0.5) is 5.95 Å². The summed E-state index contributed by atoms with van der Waals surface area (Å²) in [4.78, 5) is 24.1. The van der Waals surface area contributed by atoms with Crippen molar-refractivity contribution in [1.82, 2.24) is 15.3 Å². The molecule has 0 radical (unpaired) electrons. The van der Waals surface area contributed by atoms with Crippen LogP contribution >= 0.6 is 0 Å². The van der Waals surface area contributed by atoms with Gasteiger partial charge in [0.05, 0.1) is 24.3 Å². The van der Waals surface area contributed by atoms with E-state index in [1.54, 1.807) is 30.6 Å². The van der Waals surface area contributed by atoms with E-state index in [9.17, 15) is 9.90 Å². The van der Waals surface area contributed by atoms with Crippen molar-refractivity contribution in [1.29, 1.82) is 5.26 Å². The zero-order valence-electron chi connectivity index (χ0n) is 23.2. The molecule has 1 aromatic heterocycles. The van der Waals surface area contributed by atoms with Gasteiger partial charge in [-0.2, -0.15) is 5.26 Å². The van der Waals surface area contributed by atoms with Gasteiger partial charge in [-0.3, -0.25) is 4.79 Å². The van der Waals surface area contributed by atoms with Gasteiger partial charge in [-0.25, -0.2) is 9.97 Å². The molecule has 1 atom stereocenters. The topological polar surface area (TPSA) is 121 Å². The molecule has 5 rings (SSSR count). The van der Waals surface area contributed by atoms with E-state index in [-0.39, 0.29) is 18.1 Å². The van der Waals surface area contributed by atoms with Crippen LogP contribution in [0.25, 0.3) is 0 Å². The van der Waals surface area contributed by atoms with Gasteiger partial charge in [-0.15, -0.1) is 0 Å². The molecule has 1 aliphatic heterocycles. The van der Waals surface area contributed by atoms with Crippen LogP contribution in [0.3, 0.4) is 0 Å². The molecule has 9 heteroatoms. The van der Waals surface area contributed by atoms with Gasteiger partial charge in [-0.05, 0) is 81.8 Å². The zero-order valence-corrected chi connectivity index (χ0v) is 23.2. The number of hydrogen-bond donors (Lipinski definition) is 2. The van der Waals surface area contributed by atoms with E-state index in [1.165, 1.54) is 13.5 Å². The summed E-state index contributed by atoms with van der Waals surface area (Å²) in [5.41, 5.74) is 1.79. The third kappa shape index (κ3) is 7.11. The highest BCUT2D eigenvalue weighted by molar-refractivity contribution is 5.94. The second-order valence-corrected chi connectivity index (χ2v) is 11.3. The number of nitriles is 1. The van der Waals surface area contributed by atoms with Crippen molar-refractivity contribution in [2.45, 2.75) is 76.4 Å². The number of amides is 1. The predicted molar refractivity (Wildman–Crippen MR) is 151 cm³/mol. The van der Waals surface area contributed by atoms with Gasteiger partial charge in [0, 0.05) is 43.7 Å². The molecule has 212 valence electrons. The van der Waals surface area contributed by atoms with E-state index in [1.807, 2.05) is 6.08 Å². The van der Waals surface area contributed by atoms with Crippen LogP contribution in [-0.4, -0.2) is 53.4 Å². The first-order valence-electron chi connectivity index (χ1n) is 14.5. The molecule has 1 saturated carbocycles. The van der Waals surface area contributed by atoms with Crippen LogP contribution < -0.4 is 19.7 Å². The van der Waals surface area contributed by atoms with E-state index >= 15 is 0 Å². The van der Waals surface area contributed by atoms with Crippen LogP contribution in [0.15, 0.2) is 42.4 Å². The lowest BCUT2D eigenvalue weighted by Gasteiger charge is -2.35. The first-order chi connectivity index (χ1) is 19.5. The van der Waals surface area contributed by atoms with Gasteiger partial charge in [0.25, 0.3) is 5.91 Å². The Kier molecular flexibility index (Phi) is 9.17. The number of carbonyl (C=O) groups excluding carboxylic acids is 1. The molecule has 2 fully saturated rings. The number of benzene rings is 1. The smallest absolute Gasteiger partial charge is 0.258 e. The molecule has 1 saturated heterocycles. The van der Waals surface area contributed by atoms with Crippen molar-refractivity contribution in [3.8, 4) is 17.6 Å². The Morgan fingerprint density at radius 3 is 2.48 bits per heavy atom. The molecule has 1 amide bonds. The van der Waals surface area contributed by atoms with Crippen LogP contribution in [0.2, 0.25) is 0 Å². The van der Waals surface area contributed by atoms with Crippen molar-refractivity contribution >= 4 is 11.9 Å². The highest BCUT2D eigenvalue weighted by atomic mass is 16.5. The summed E-state index contributed by atoms with van der Waals surface area (Å²) in [6.45, 7) is 1.88. The minimum atomic E-state index is -0.203. The maximum atomic E-state index is 12.8. The number of aliphatic hydroxyl groups excluding tert-OH is 1. The van der Waals surface area contributed by atoms with E-state index in [4.69, 9.17) is 14.7 Å². The molecule has 2 aromatic rings. The van der Waals surface area contributed by atoms with Gasteiger partial charge >= 0.3 is 0 Å². The first kappa shape index (κ1) is 27.9. The van der Waals surface area contributed by atoms with Gasteiger partial charge in [-0.1, -0.05) is 6.08 Å². The summed E-state index contributed by atoms with van der Waals surface area (Å²) in [7, 11) is 1.53. The predicted octanol–water partition coefficient (Wildman–Crippen LogP) is 4.76. The molecule has 2 heterocycles.